The molecule has 94 valence electrons. The molecule has 0 amide bonds. The summed E-state index contributed by atoms with van der Waals surface area (Å²) >= 11 is 0. The normalized spacial score (nSPS) is 14.2. The molecule has 0 aliphatic rings. The van der Waals surface area contributed by atoms with Crippen LogP contribution in [0.15, 0.2) is 18.2 Å². The first-order valence-electron chi connectivity index (χ1n) is 5.58. The molecular formula is C13H18O4. The van der Waals surface area contributed by atoms with Gasteiger partial charge in [-0.15, -0.1) is 0 Å². The molecule has 0 saturated carbocycles. The second-order valence-corrected chi connectivity index (χ2v) is 3.93. The molecule has 0 saturated heterocycles. The zero-order valence-electron chi connectivity index (χ0n) is 10.3. The standard InChI is InChI=1S/C13H18O4/c1-4-17-13(16)12(15)11(14)10-7-5-6-8(2)9(10)3/h5-7,11-12,14-15H,4H2,1-3H3. The number of aliphatic hydroxyl groups excluding tert-OH is 2. The smallest absolute Gasteiger partial charge is 0.338 e. The SMILES string of the molecule is CCOC(=O)C(O)C(O)c1cccc(C)c1C. The molecule has 17 heavy (non-hydrogen) atoms. The Morgan fingerprint density at radius 1 is 1.35 bits per heavy atom. The van der Waals surface area contributed by atoms with Crippen molar-refractivity contribution in [2.75, 3.05) is 6.61 Å². The van der Waals surface area contributed by atoms with Crippen LogP contribution in [-0.2, 0) is 9.53 Å². The number of aryl methyl sites for hydroxylation is 1. The molecule has 2 unspecified atom stereocenters. The number of carbonyl (C=O) groups is 1. The van der Waals surface area contributed by atoms with Crippen LogP contribution in [0, 0.1) is 13.8 Å². The maximum atomic E-state index is 11.3. The molecule has 1 aromatic rings. The lowest BCUT2D eigenvalue weighted by atomic mass is 9.96. The van der Waals surface area contributed by atoms with Crippen LogP contribution in [0.4, 0.5) is 0 Å². The van der Waals surface area contributed by atoms with Gasteiger partial charge in [0.05, 0.1) is 6.61 Å². The topological polar surface area (TPSA) is 66.8 Å². The maximum absolute atomic E-state index is 11.3. The number of aliphatic hydroxyl groups is 2. The third-order valence-electron chi connectivity index (χ3n) is 2.79. The summed E-state index contributed by atoms with van der Waals surface area (Å²) in [5, 5.41) is 19.6. The van der Waals surface area contributed by atoms with Gasteiger partial charge in [0.25, 0.3) is 0 Å². The van der Waals surface area contributed by atoms with Crippen molar-refractivity contribution >= 4 is 5.97 Å². The second kappa shape index (κ2) is 5.80. The van der Waals surface area contributed by atoms with Gasteiger partial charge in [0.1, 0.15) is 6.10 Å². The summed E-state index contributed by atoms with van der Waals surface area (Å²) in [4.78, 5) is 11.3. The minimum atomic E-state index is -1.55. The van der Waals surface area contributed by atoms with Gasteiger partial charge in [0, 0.05) is 0 Å². The highest BCUT2D eigenvalue weighted by Crippen LogP contribution is 2.23. The summed E-state index contributed by atoms with van der Waals surface area (Å²) in [5.41, 5.74) is 2.41. The van der Waals surface area contributed by atoms with Crippen LogP contribution in [0.1, 0.15) is 29.7 Å². The van der Waals surface area contributed by atoms with E-state index in [1.807, 2.05) is 19.9 Å². The van der Waals surface area contributed by atoms with Gasteiger partial charge in [0.2, 0.25) is 0 Å². The van der Waals surface area contributed by atoms with Crippen molar-refractivity contribution in [3.05, 3.63) is 34.9 Å². The minimum Gasteiger partial charge on any atom is -0.464 e. The van der Waals surface area contributed by atoms with Crippen molar-refractivity contribution in [2.24, 2.45) is 0 Å². The van der Waals surface area contributed by atoms with Gasteiger partial charge in [-0.05, 0) is 37.5 Å². The number of benzene rings is 1. The van der Waals surface area contributed by atoms with E-state index < -0.39 is 18.2 Å². The van der Waals surface area contributed by atoms with Gasteiger partial charge in [-0.1, -0.05) is 18.2 Å². The summed E-state index contributed by atoms with van der Waals surface area (Å²) in [6.07, 6.45) is -2.80. The molecular weight excluding hydrogens is 220 g/mol. The lowest BCUT2D eigenvalue weighted by Gasteiger charge is -2.19. The lowest BCUT2D eigenvalue weighted by molar-refractivity contribution is -0.159. The average Bonchev–Trinajstić information content (AvgIpc) is 2.31. The van der Waals surface area contributed by atoms with Crippen molar-refractivity contribution in [3.63, 3.8) is 0 Å². The predicted octanol–water partition coefficient (Wildman–Crippen LogP) is 1.26. The molecule has 0 fully saturated rings. The first-order valence-corrected chi connectivity index (χ1v) is 5.58. The van der Waals surface area contributed by atoms with Crippen LogP contribution in [0.2, 0.25) is 0 Å². The molecule has 0 aromatic heterocycles. The predicted molar refractivity (Wildman–Crippen MR) is 63.5 cm³/mol. The quantitative estimate of drug-likeness (QED) is 0.775. The zero-order valence-corrected chi connectivity index (χ0v) is 10.3. The molecule has 1 rings (SSSR count). The second-order valence-electron chi connectivity index (χ2n) is 3.93. The molecule has 2 atom stereocenters. The van der Waals surface area contributed by atoms with E-state index in [0.717, 1.165) is 11.1 Å². The molecule has 4 nitrogen and oxygen atoms in total. The van der Waals surface area contributed by atoms with E-state index in [9.17, 15) is 15.0 Å². The summed E-state index contributed by atoms with van der Waals surface area (Å²) in [7, 11) is 0. The van der Waals surface area contributed by atoms with Crippen LogP contribution < -0.4 is 0 Å². The Kier molecular flexibility index (Phi) is 4.66. The molecule has 4 heteroatoms. The number of hydrogen-bond acceptors (Lipinski definition) is 4. The zero-order chi connectivity index (χ0) is 13.0. The van der Waals surface area contributed by atoms with Gasteiger partial charge in [-0.3, -0.25) is 0 Å². The molecule has 0 spiro atoms. The van der Waals surface area contributed by atoms with Crippen LogP contribution in [0.5, 0.6) is 0 Å². The van der Waals surface area contributed by atoms with Crippen LogP contribution in [0.3, 0.4) is 0 Å². The fourth-order valence-electron chi connectivity index (χ4n) is 1.62. The van der Waals surface area contributed by atoms with Crippen LogP contribution in [-0.4, -0.2) is 28.9 Å². The molecule has 0 radical (unpaired) electrons. The summed E-state index contributed by atoms with van der Waals surface area (Å²) < 4.78 is 4.67. The number of hydrogen-bond donors (Lipinski definition) is 2. The monoisotopic (exact) mass is 238 g/mol. The molecule has 0 bridgehead atoms. The van der Waals surface area contributed by atoms with E-state index in [4.69, 9.17) is 0 Å². The average molecular weight is 238 g/mol. The van der Waals surface area contributed by atoms with Gasteiger partial charge in [0.15, 0.2) is 6.10 Å². The highest BCUT2D eigenvalue weighted by molar-refractivity contribution is 5.75. The Bertz CT molecular complexity index is 400. The number of rotatable bonds is 4. The Labute approximate surface area is 101 Å². The van der Waals surface area contributed by atoms with E-state index in [1.165, 1.54) is 0 Å². The van der Waals surface area contributed by atoms with Crippen molar-refractivity contribution < 1.29 is 19.7 Å². The van der Waals surface area contributed by atoms with E-state index in [1.54, 1.807) is 19.1 Å². The largest absolute Gasteiger partial charge is 0.464 e. The summed E-state index contributed by atoms with van der Waals surface area (Å²) in [6, 6.07) is 5.37. The van der Waals surface area contributed by atoms with Crippen molar-refractivity contribution in [2.45, 2.75) is 33.0 Å². The van der Waals surface area contributed by atoms with E-state index in [2.05, 4.69) is 4.74 Å². The number of carbonyl (C=O) groups excluding carboxylic acids is 1. The maximum Gasteiger partial charge on any atom is 0.338 e. The van der Waals surface area contributed by atoms with E-state index in [-0.39, 0.29) is 6.61 Å². The highest BCUT2D eigenvalue weighted by Gasteiger charge is 2.28. The molecule has 1 aromatic carbocycles. The van der Waals surface area contributed by atoms with Crippen LogP contribution >= 0.6 is 0 Å². The van der Waals surface area contributed by atoms with E-state index >= 15 is 0 Å². The van der Waals surface area contributed by atoms with Crippen molar-refractivity contribution in [1.29, 1.82) is 0 Å². The molecule has 2 N–H and O–H groups in total. The highest BCUT2D eigenvalue weighted by atomic mass is 16.5. The van der Waals surface area contributed by atoms with Crippen molar-refractivity contribution in [1.82, 2.24) is 0 Å². The first kappa shape index (κ1) is 13.7. The van der Waals surface area contributed by atoms with Gasteiger partial charge in [-0.2, -0.15) is 0 Å². The third-order valence-corrected chi connectivity index (χ3v) is 2.79. The number of ether oxygens (including phenoxy) is 1. The minimum absolute atomic E-state index is 0.176. The molecule has 0 aliphatic carbocycles. The summed E-state index contributed by atoms with van der Waals surface area (Å²) in [5.74, 6) is -0.805. The fourth-order valence-corrected chi connectivity index (χ4v) is 1.62. The Morgan fingerprint density at radius 2 is 2.00 bits per heavy atom. The lowest BCUT2D eigenvalue weighted by Crippen LogP contribution is -2.30. The Morgan fingerprint density at radius 3 is 2.59 bits per heavy atom. The number of esters is 1. The van der Waals surface area contributed by atoms with Gasteiger partial charge < -0.3 is 14.9 Å². The molecule has 0 heterocycles. The van der Waals surface area contributed by atoms with Gasteiger partial charge in [-0.25, -0.2) is 4.79 Å². The fraction of sp³-hybridized carbons (Fsp3) is 0.462. The van der Waals surface area contributed by atoms with E-state index in [0.29, 0.717) is 5.56 Å². The summed E-state index contributed by atoms with van der Waals surface area (Å²) in [6.45, 7) is 5.57. The van der Waals surface area contributed by atoms with Crippen molar-refractivity contribution in [3.8, 4) is 0 Å². The van der Waals surface area contributed by atoms with Crippen LogP contribution in [0.25, 0.3) is 0 Å². The first-order chi connectivity index (χ1) is 7.99. The van der Waals surface area contributed by atoms with Gasteiger partial charge >= 0.3 is 5.97 Å². The molecule has 0 aliphatic heterocycles. The third kappa shape index (κ3) is 3.05. The Balaban J connectivity index is 2.92. The Hall–Kier alpha value is -1.39.